The molecule has 0 spiro atoms. The monoisotopic (exact) mass is 306 g/mol. The highest BCUT2D eigenvalue weighted by molar-refractivity contribution is 6.30. The second-order valence-corrected chi connectivity index (χ2v) is 5.32. The van der Waals surface area contributed by atoms with Gasteiger partial charge in [0.1, 0.15) is 0 Å². The van der Waals surface area contributed by atoms with E-state index in [1.54, 1.807) is 10.7 Å². The van der Waals surface area contributed by atoms with E-state index in [1.807, 2.05) is 60.8 Å². The number of hydrogen-bond donors (Lipinski definition) is 0. The van der Waals surface area contributed by atoms with E-state index in [0.29, 0.717) is 10.8 Å². The zero-order chi connectivity index (χ0) is 14.9. The Kier molecular flexibility index (Phi) is 3.09. The van der Waals surface area contributed by atoms with E-state index in [0.717, 1.165) is 22.5 Å². The highest BCUT2D eigenvalue weighted by Crippen LogP contribution is 2.21. The molecule has 0 atom stereocenters. The number of rotatable bonds is 2. The molecule has 0 aliphatic carbocycles. The lowest BCUT2D eigenvalue weighted by molar-refractivity contribution is 0.905. The van der Waals surface area contributed by atoms with Crippen molar-refractivity contribution in [2.45, 2.75) is 0 Å². The van der Waals surface area contributed by atoms with E-state index in [-0.39, 0.29) is 0 Å². The van der Waals surface area contributed by atoms with Crippen LogP contribution in [0.15, 0.2) is 67.0 Å². The van der Waals surface area contributed by atoms with E-state index >= 15 is 0 Å². The first-order valence-electron chi connectivity index (χ1n) is 6.83. The standard InChI is InChI=1S/C17H11ClN4/c18-14-8-6-13(7-9-14)16-11-22-17(21-16)20-15(10-19-22)12-4-2-1-3-5-12/h1-11H. The molecule has 0 saturated carbocycles. The second kappa shape index (κ2) is 5.24. The zero-order valence-electron chi connectivity index (χ0n) is 11.5. The zero-order valence-corrected chi connectivity index (χ0v) is 12.3. The summed E-state index contributed by atoms with van der Waals surface area (Å²) in [6.07, 6.45) is 3.61. The third-order valence-corrected chi connectivity index (χ3v) is 3.66. The van der Waals surface area contributed by atoms with Crippen LogP contribution in [0.3, 0.4) is 0 Å². The van der Waals surface area contributed by atoms with Gasteiger partial charge in [-0.1, -0.05) is 54.1 Å². The Morgan fingerprint density at radius 3 is 2.23 bits per heavy atom. The van der Waals surface area contributed by atoms with Gasteiger partial charge in [0, 0.05) is 16.1 Å². The summed E-state index contributed by atoms with van der Waals surface area (Å²) in [5.74, 6) is 0.575. The van der Waals surface area contributed by atoms with Gasteiger partial charge in [0.2, 0.25) is 0 Å². The lowest BCUT2D eigenvalue weighted by atomic mass is 10.2. The predicted octanol–water partition coefficient (Wildman–Crippen LogP) is 4.11. The van der Waals surface area contributed by atoms with Gasteiger partial charge < -0.3 is 0 Å². The summed E-state index contributed by atoms with van der Waals surface area (Å²) in [5, 5.41) is 5.09. The molecule has 0 radical (unpaired) electrons. The molecule has 4 rings (SSSR count). The predicted molar refractivity (Wildman–Crippen MR) is 86.7 cm³/mol. The van der Waals surface area contributed by atoms with Crippen molar-refractivity contribution in [3.8, 4) is 22.5 Å². The van der Waals surface area contributed by atoms with E-state index in [4.69, 9.17) is 11.6 Å². The number of halogens is 1. The number of nitrogens with zero attached hydrogens (tertiary/aromatic N) is 4. The third kappa shape index (κ3) is 2.34. The van der Waals surface area contributed by atoms with Crippen molar-refractivity contribution in [3.05, 3.63) is 72.0 Å². The Balaban J connectivity index is 1.80. The normalized spacial score (nSPS) is 11.0. The molecule has 22 heavy (non-hydrogen) atoms. The fourth-order valence-corrected chi connectivity index (χ4v) is 2.41. The van der Waals surface area contributed by atoms with Gasteiger partial charge in [0.05, 0.1) is 23.8 Å². The molecule has 0 fully saturated rings. The maximum absolute atomic E-state index is 5.92. The molecule has 0 aliphatic heterocycles. The van der Waals surface area contributed by atoms with Crippen LogP contribution in [0.1, 0.15) is 0 Å². The first-order chi connectivity index (χ1) is 10.8. The van der Waals surface area contributed by atoms with Gasteiger partial charge in [0.15, 0.2) is 0 Å². The van der Waals surface area contributed by atoms with Gasteiger partial charge in [0.25, 0.3) is 5.78 Å². The van der Waals surface area contributed by atoms with Crippen molar-refractivity contribution >= 4 is 17.4 Å². The molecule has 4 aromatic rings. The van der Waals surface area contributed by atoms with Crippen molar-refractivity contribution in [1.82, 2.24) is 19.6 Å². The maximum atomic E-state index is 5.92. The molecular weight excluding hydrogens is 296 g/mol. The summed E-state index contributed by atoms with van der Waals surface area (Å²) < 4.78 is 1.68. The van der Waals surface area contributed by atoms with Crippen LogP contribution in [-0.4, -0.2) is 19.6 Å². The van der Waals surface area contributed by atoms with E-state index in [1.165, 1.54) is 0 Å². The molecule has 0 N–H and O–H groups in total. The summed E-state index contributed by atoms with van der Waals surface area (Å²) >= 11 is 5.92. The Morgan fingerprint density at radius 1 is 0.773 bits per heavy atom. The number of aromatic nitrogens is 4. The van der Waals surface area contributed by atoms with Crippen molar-refractivity contribution in [3.63, 3.8) is 0 Å². The Hall–Kier alpha value is -2.72. The number of imidazole rings is 1. The van der Waals surface area contributed by atoms with E-state index in [9.17, 15) is 0 Å². The number of hydrogen-bond acceptors (Lipinski definition) is 3. The number of fused-ring (bicyclic) bond motifs is 1. The second-order valence-electron chi connectivity index (χ2n) is 4.89. The fourth-order valence-electron chi connectivity index (χ4n) is 2.28. The molecule has 106 valence electrons. The SMILES string of the molecule is Clc1ccc(-c2cn3ncc(-c4ccccc4)nc3n2)cc1. The summed E-state index contributed by atoms with van der Waals surface area (Å²) in [6, 6.07) is 17.5. The highest BCUT2D eigenvalue weighted by atomic mass is 35.5. The molecule has 0 unspecified atom stereocenters. The molecule has 0 saturated heterocycles. The molecule has 0 aliphatic rings. The first kappa shape index (κ1) is 13.0. The Labute approximate surface area is 132 Å². The van der Waals surface area contributed by atoms with Crippen molar-refractivity contribution < 1.29 is 0 Å². The summed E-state index contributed by atoms with van der Waals surface area (Å²) in [4.78, 5) is 9.12. The van der Waals surface area contributed by atoms with Crippen molar-refractivity contribution in [1.29, 1.82) is 0 Å². The third-order valence-electron chi connectivity index (χ3n) is 3.40. The van der Waals surface area contributed by atoms with Crippen molar-refractivity contribution in [2.24, 2.45) is 0 Å². The molecule has 5 heteroatoms. The minimum atomic E-state index is 0.575. The lowest BCUT2D eigenvalue weighted by Gasteiger charge is -1.99. The van der Waals surface area contributed by atoms with E-state index in [2.05, 4.69) is 15.1 Å². The fraction of sp³-hybridized carbons (Fsp3) is 0. The largest absolute Gasteiger partial charge is 0.251 e. The van der Waals surface area contributed by atoms with Gasteiger partial charge in [-0.2, -0.15) is 5.10 Å². The van der Waals surface area contributed by atoms with Crippen LogP contribution in [0, 0.1) is 0 Å². The van der Waals surface area contributed by atoms with Crippen LogP contribution < -0.4 is 0 Å². The van der Waals surface area contributed by atoms with Crippen LogP contribution in [-0.2, 0) is 0 Å². The maximum Gasteiger partial charge on any atom is 0.251 e. The average molecular weight is 307 g/mol. The molecular formula is C17H11ClN4. The first-order valence-corrected chi connectivity index (χ1v) is 7.21. The van der Waals surface area contributed by atoms with Gasteiger partial charge in [-0.15, -0.1) is 0 Å². The number of benzene rings is 2. The van der Waals surface area contributed by atoms with Crippen LogP contribution in [0.2, 0.25) is 5.02 Å². The van der Waals surface area contributed by atoms with E-state index < -0.39 is 0 Å². The summed E-state index contributed by atoms with van der Waals surface area (Å²) in [6.45, 7) is 0. The highest BCUT2D eigenvalue weighted by Gasteiger charge is 2.08. The van der Waals surface area contributed by atoms with Gasteiger partial charge in [-0.25, -0.2) is 14.5 Å². The average Bonchev–Trinajstić information content (AvgIpc) is 2.99. The molecule has 4 nitrogen and oxygen atoms in total. The summed E-state index contributed by atoms with van der Waals surface area (Å²) in [5.41, 5.74) is 3.63. The molecule has 2 aromatic heterocycles. The lowest BCUT2D eigenvalue weighted by Crippen LogP contribution is -1.94. The molecule has 2 aromatic carbocycles. The quantitative estimate of drug-likeness (QED) is 0.559. The van der Waals surface area contributed by atoms with Crippen LogP contribution >= 0.6 is 11.6 Å². The van der Waals surface area contributed by atoms with Crippen LogP contribution in [0.4, 0.5) is 0 Å². The summed E-state index contributed by atoms with van der Waals surface area (Å²) in [7, 11) is 0. The van der Waals surface area contributed by atoms with Gasteiger partial charge >= 0.3 is 0 Å². The molecule has 0 bridgehead atoms. The molecule has 0 amide bonds. The van der Waals surface area contributed by atoms with Crippen molar-refractivity contribution in [2.75, 3.05) is 0 Å². The van der Waals surface area contributed by atoms with Crippen LogP contribution in [0.5, 0.6) is 0 Å². The van der Waals surface area contributed by atoms with Crippen LogP contribution in [0.25, 0.3) is 28.3 Å². The Bertz CT molecular complexity index is 930. The topological polar surface area (TPSA) is 43.1 Å². The molecule has 2 heterocycles. The minimum Gasteiger partial charge on any atom is -0.209 e. The Morgan fingerprint density at radius 2 is 1.45 bits per heavy atom. The minimum absolute atomic E-state index is 0.575. The smallest absolute Gasteiger partial charge is 0.209 e. The van der Waals surface area contributed by atoms with Gasteiger partial charge in [-0.05, 0) is 12.1 Å². The van der Waals surface area contributed by atoms with Gasteiger partial charge in [-0.3, -0.25) is 0 Å².